The second kappa shape index (κ2) is 5.45. The van der Waals surface area contributed by atoms with Gasteiger partial charge in [-0.25, -0.2) is 4.98 Å². The van der Waals surface area contributed by atoms with Crippen LogP contribution in [0.4, 0.5) is 0 Å². The molecule has 0 spiro atoms. The van der Waals surface area contributed by atoms with Gasteiger partial charge in [-0.3, -0.25) is 9.69 Å². The van der Waals surface area contributed by atoms with E-state index in [0.29, 0.717) is 13.0 Å². The summed E-state index contributed by atoms with van der Waals surface area (Å²) < 4.78 is 0. The van der Waals surface area contributed by atoms with Crippen LogP contribution in [-0.2, 0) is 16.8 Å². The van der Waals surface area contributed by atoms with E-state index in [-0.39, 0.29) is 5.41 Å². The molecule has 20 heavy (non-hydrogen) atoms. The Morgan fingerprint density at radius 1 is 1.55 bits per heavy atom. The number of carboxylic acids is 1. The molecule has 1 unspecified atom stereocenters. The number of hydrogen-bond acceptors (Lipinski definition) is 4. The average Bonchev–Trinajstić information content (AvgIpc) is 2.96. The van der Waals surface area contributed by atoms with E-state index < -0.39 is 11.4 Å². The van der Waals surface area contributed by atoms with Crippen molar-refractivity contribution < 1.29 is 9.90 Å². The highest BCUT2D eigenvalue weighted by Gasteiger charge is 2.43. The monoisotopic (exact) mass is 296 g/mol. The van der Waals surface area contributed by atoms with Crippen LogP contribution < -0.4 is 0 Å². The Morgan fingerprint density at radius 3 is 2.70 bits per heavy atom. The summed E-state index contributed by atoms with van der Waals surface area (Å²) in [7, 11) is 0. The Hall–Kier alpha value is -0.940. The molecule has 1 aliphatic heterocycles. The fourth-order valence-corrected chi connectivity index (χ4v) is 3.69. The molecule has 1 fully saturated rings. The van der Waals surface area contributed by atoms with Crippen molar-refractivity contribution in [3.05, 3.63) is 16.1 Å². The molecule has 0 radical (unpaired) electrons. The van der Waals surface area contributed by atoms with Gasteiger partial charge >= 0.3 is 5.97 Å². The minimum Gasteiger partial charge on any atom is -0.481 e. The minimum absolute atomic E-state index is 0.0774. The lowest BCUT2D eigenvalue weighted by atomic mass is 9.84. The topological polar surface area (TPSA) is 53.4 Å². The van der Waals surface area contributed by atoms with Gasteiger partial charge in [0.05, 0.1) is 17.7 Å². The van der Waals surface area contributed by atoms with Crippen molar-refractivity contribution in [3.8, 4) is 0 Å². The molecule has 0 bridgehead atoms. The predicted molar refractivity (Wildman–Crippen MR) is 81.1 cm³/mol. The largest absolute Gasteiger partial charge is 0.481 e. The van der Waals surface area contributed by atoms with Gasteiger partial charge in [0.2, 0.25) is 0 Å². The van der Waals surface area contributed by atoms with Gasteiger partial charge in [0.1, 0.15) is 5.01 Å². The highest BCUT2D eigenvalue weighted by Crippen LogP contribution is 2.35. The van der Waals surface area contributed by atoms with Gasteiger partial charge in [0.15, 0.2) is 0 Å². The number of likely N-dealkylation sites (tertiary alicyclic amines) is 1. The number of carboxylic acid groups (broad SMARTS) is 1. The first-order valence-electron chi connectivity index (χ1n) is 7.17. The molecule has 2 heterocycles. The molecule has 1 N–H and O–H groups in total. The summed E-state index contributed by atoms with van der Waals surface area (Å²) in [6.45, 7) is 10.7. The molecule has 5 heteroatoms. The lowest BCUT2D eigenvalue weighted by Crippen LogP contribution is -2.33. The van der Waals surface area contributed by atoms with Crippen LogP contribution in [0.3, 0.4) is 0 Å². The highest BCUT2D eigenvalue weighted by atomic mass is 32.1. The van der Waals surface area contributed by atoms with Crippen LogP contribution in [0.15, 0.2) is 5.38 Å². The van der Waals surface area contributed by atoms with Crippen molar-refractivity contribution in [3.63, 3.8) is 0 Å². The molecule has 1 aliphatic rings. The molecule has 1 aromatic heterocycles. The molecule has 0 saturated carbocycles. The maximum Gasteiger partial charge on any atom is 0.310 e. The Kier molecular flexibility index (Phi) is 4.21. The van der Waals surface area contributed by atoms with Crippen LogP contribution >= 0.6 is 11.3 Å². The predicted octanol–water partition coefficient (Wildman–Crippen LogP) is 3.13. The van der Waals surface area contributed by atoms with E-state index in [1.54, 1.807) is 11.3 Å². The van der Waals surface area contributed by atoms with Crippen molar-refractivity contribution in [1.82, 2.24) is 9.88 Å². The summed E-state index contributed by atoms with van der Waals surface area (Å²) in [5, 5.41) is 12.6. The van der Waals surface area contributed by atoms with Crippen molar-refractivity contribution in [2.24, 2.45) is 5.41 Å². The zero-order valence-electron chi connectivity index (χ0n) is 12.8. The van der Waals surface area contributed by atoms with Crippen LogP contribution in [-0.4, -0.2) is 34.0 Å². The summed E-state index contributed by atoms with van der Waals surface area (Å²) in [5.41, 5.74) is 0.648. The number of aromatic nitrogens is 1. The number of thiazole rings is 1. The molecule has 2 rings (SSSR count). The molecule has 1 aromatic rings. The first-order chi connectivity index (χ1) is 9.27. The summed E-state index contributed by atoms with van der Waals surface area (Å²) in [5.74, 6) is -0.656. The fourth-order valence-electron chi connectivity index (χ4n) is 2.63. The smallest absolute Gasteiger partial charge is 0.310 e. The van der Waals surface area contributed by atoms with Crippen molar-refractivity contribution in [2.45, 2.75) is 52.5 Å². The Bertz CT molecular complexity index is 492. The molecule has 0 aliphatic carbocycles. The molecule has 0 amide bonds. The highest BCUT2D eigenvalue weighted by molar-refractivity contribution is 7.09. The van der Waals surface area contributed by atoms with Gasteiger partial charge in [-0.05, 0) is 19.4 Å². The standard InChI is InChI=1S/C15H24N2O2S/c1-5-15(13(18)19)6-7-17(10-15)8-12-16-11(9-20-12)14(2,3)4/h9H,5-8,10H2,1-4H3,(H,18,19). The lowest BCUT2D eigenvalue weighted by molar-refractivity contribution is -0.148. The summed E-state index contributed by atoms with van der Waals surface area (Å²) in [4.78, 5) is 18.4. The SMILES string of the molecule is CCC1(C(=O)O)CCN(Cc2nc(C(C)(C)C)cs2)C1. The summed E-state index contributed by atoms with van der Waals surface area (Å²) >= 11 is 1.68. The first kappa shape index (κ1) is 15.4. The fraction of sp³-hybridized carbons (Fsp3) is 0.733. The van der Waals surface area contributed by atoms with Crippen LogP contribution in [0.25, 0.3) is 0 Å². The maximum atomic E-state index is 11.4. The second-order valence-electron chi connectivity index (χ2n) is 6.78. The number of aliphatic carboxylic acids is 1. The molecular formula is C15H24N2O2S. The number of nitrogens with zero attached hydrogens (tertiary/aromatic N) is 2. The van der Waals surface area contributed by atoms with E-state index in [4.69, 9.17) is 4.98 Å². The van der Waals surface area contributed by atoms with Gasteiger partial charge < -0.3 is 5.11 Å². The van der Waals surface area contributed by atoms with Gasteiger partial charge in [-0.15, -0.1) is 11.3 Å². The summed E-state index contributed by atoms with van der Waals surface area (Å²) in [6, 6.07) is 0. The Balaban J connectivity index is 2.02. The van der Waals surface area contributed by atoms with Crippen molar-refractivity contribution in [2.75, 3.05) is 13.1 Å². The minimum atomic E-state index is -0.656. The zero-order valence-corrected chi connectivity index (χ0v) is 13.6. The molecular weight excluding hydrogens is 272 g/mol. The molecule has 0 aromatic carbocycles. The third kappa shape index (κ3) is 3.04. The van der Waals surface area contributed by atoms with Gasteiger partial charge in [-0.2, -0.15) is 0 Å². The normalized spacial score (nSPS) is 24.2. The summed E-state index contributed by atoms with van der Waals surface area (Å²) in [6.07, 6.45) is 1.44. The number of rotatable bonds is 4. The van der Waals surface area contributed by atoms with Gasteiger partial charge in [0.25, 0.3) is 0 Å². The molecule has 112 valence electrons. The van der Waals surface area contributed by atoms with Crippen molar-refractivity contribution in [1.29, 1.82) is 0 Å². The first-order valence-corrected chi connectivity index (χ1v) is 8.05. The van der Waals surface area contributed by atoms with E-state index in [2.05, 4.69) is 31.1 Å². The van der Waals surface area contributed by atoms with Crippen LogP contribution in [0.1, 0.15) is 51.2 Å². The number of hydrogen-bond donors (Lipinski definition) is 1. The Morgan fingerprint density at radius 2 is 2.25 bits per heavy atom. The van der Waals surface area contributed by atoms with Gasteiger partial charge in [-0.1, -0.05) is 27.7 Å². The van der Waals surface area contributed by atoms with E-state index in [1.165, 1.54) is 0 Å². The molecule has 1 atom stereocenters. The van der Waals surface area contributed by atoms with E-state index in [1.807, 2.05) is 6.92 Å². The van der Waals surface area contributed by atoms with E-state index >= 15 is 0 Å². The zero-order chi connectivity index (χ0) is 15.0. The van der Waals surface area contributed by atoms with Gasteiger partial charge in [0, 0.05) is 17.3 Å². The molecule has 1 saturated heterocycles. The second-order valence-corrected chi connectivity index (χ2v) is 7.72. The van der Waals surface area contributed by atoms with Crippen LogP contribution in [0.5, 0.6) is 0 Å². The quantitative estimate of drug-likeness (QED) is 0.927. The van der Waals surface area contributed by atoms with Crippen molar-refractivity contribution >= 4 is 17.3 Å². The van der Waals surface area contributed by atoms with Crippen LogP contribution in [0.2, 0.25) is 0 Å². The van der Waals surface area contributed by atoms with Crippen LogP contribution in [0, 0.1) is 5.41 Å². The average molecular weight is 296 g/mol. The Labute approximate surface area is 124 Å². The number of carbonyl (C=O) groups is 1. The van der Waals surface area contributed by atoms with E-state index in [0.717, 1.165) is 30.2 Å². The molecule has 4 nitrogen and oxygen atoms in total. The maximum absolute atomic E-state index is 11.4. The third-order valence-corrected chi connectivity index (χ3v) is 5.08. The lowest BCUT2D eigenvalue weighted by Gasteiger charge is -2.22. The van der Waals surface area contributed by atoms with E-state index in [9.17, 15) is 9.90 Å². The third-order valence-electron chi connectivity index (χ3n) is 4.24.